The third-order valence-corrected chi connectivity index (χ3v) is 2.20. The molecule has 3 N–H and O–H groups in total. The van der Waals surface area contributed by atoms with Gasteiger partial charge in [-0.05, 0) is 25.0 Å². The molecule has 0 aromatic heterocycles. The number of unbranched alkanes of at least 4 members (excludes halogenated alkanes) is 1. The zero-order chi connectivity index (χ0) is 12.7. The summed E-state index contributed by atoms with van der Waals surface area (Å²) in [6, 6.07) is 6.71. The van der Waals surface area contributed by atoms with Crippen LogP contribution in [-0.2, 0) is 4.79 Å². The van der Waals surface area contributed by atoms with Crippen LogP contribution in [0.4, 0.5) is 0 Å². The van der Waals surface area contributed by atoms with Crippen molar-refractivity contribution in [3.8, 4) is 5.75 Å². The van der Waals surface area contributed by atoms with Gasteiger partial charge in [0.15, 0.2) is 0 Å². The molecule has 0 heterocycles. The number of amides is 1. The van der Waals surface area contributed by atoms with Gasteiger partial charge in [0.25, 0.3) is 5.91 Å². The number of carbonyl (C=O) groups excluding carboxylic acids is 1. The maximum atomic E-state index is 11.1. The van der Waals surface area contributed by atoms with Gasteiger partial charge in [-0.25, -0.2) is 0 Å². The van der Waals surface area contributed by atoms with Crippen molar-refractivity contribution in [1.82, 2.24) is 0 Å². The molecule has 17 heavy (non-hydrogen) atoms. The molecule has 0 unspecified atom stereocenters. The molecule has 0 aliphatic carbocycles. The van der Waals surface area contributed by atoms with Crippen LogP contribution in [0.3, 0.4) is 0 Å². The summed E-state index contributed by atoms with van der Waals surface area (Å²) in [6.07, 6.45) is 1.30. The van der Waals surface area contributed by atoms with Gasteiger partial charge in [0.05, 0.1) is 12.2 Å². The zero-order valence-electron chi connectivity index (χ0n) is 9.39. The molecular weight excluding hydrogens is 222 g/mol. The average molecular weight is 237 g/mol. The second kappa shape index (κ2) is 6.52. The summed E-state index contributed by atoms with van der Waals surface area (Å²) in [4.78, 5) is 21.3. The number of primary amides is 1. The van der Waals surface area contributed by atoms with Gasteiger partial charge >= 0.3 is 5.97 Å². The summed E-state index contributed by atoms with van der Waals surface area (Å²) < 4.78 is 5.39. The SMILES string of the molecule is NC(=O)c1ccccc1OCCCCC(=O)O. The van der Waals surface area contributed by atoms with E-state index in [1.165, 1.54) is 0 Å². The van der Waals surface area contributed by atoms with Gasteiger partial charge < -0.3 is 15.6 Å². The highest BCUT2D eigenvalue weighted by molar-refractivity contribution is 5.95. The third-order valence-electron chi connectivity index (χ3n) is 2.20. The van der Waals surface area contributed by atoms with Crippen molar-refractivity contribution in [1.29, 1.82) is 0 Å². The average Bonchev–Trinajstić information content (AvgIpc) is 2.28. The predicted octanol–water partition coefficient (Wildman–Crippen LogP) is 1.42. The van der Waals surface area contributed by atoms with Gasteiger partial charge in [0.1, 0.15) is 5.75 Å². The van der Waals surface area contributed by atoms with Gasteiger partial charge in [-0.3, -0.25) is 9.59 Å². The summed E-state index contributed by atoms with van der Waals surface area (Å²) in [5.41, 5.74) is 5.53. The molecule has 0 bridgehead atoms. The lowest BCUT2D eigenvalue weighted by Gasteiger charge is -2.08. The van der Waals surface area contributed by atoms with E-state index in [9.17, 15) is 9.59 Å². The number of nitrogens with two attached hydrogens (primary N) is 1. The first-order valence-corrected chi connectivity index (χ1v) is 5.34. The van der Waals surface area contributed by atoms with E-state index in [2.05, 4.69) is 0 Å². The highest BCUT2D eigenvalue weighted by atomic mass is 16.5. The Labute approximate surface area is 99.2 Å². The second-order valence-electron chi connectivity index (χ2n) is 3.56. The van der Waals surface area contributed by atoms with Crippen LogP contribution in [-0.4, -0.2) is 23.6 Å². The minimum atomic E-state index is -0.817. The van der Waals surface area contributed by atoms with Gasteiger partial charge in [0.2, 0.25) is 0 Å². The number of carboxylic acids is 1. The quantitative estimate of drug-likeness (QED) is 0.702. The molecular formula is C12H15NO4. The smallest absolute Gasteiger partial charge is 0.303 e. The standard InChI is InChI=1S/C12H15NO4/c13-12(16)9-5-1-2-6-10(9)17-8-4-3-7-11(14)15/h1-2,5-6H,3-4,7-8H2,(H2,13,16)(H,14,15). The highest BCUT2D eigenvalue weighted by Gasteiger charge is 2.07. The van der Waals surface area contributed by atoms with E-state index >= 15 is 0 Å². The molecule has 0 spiro atoms. The maximum Gasteiger partial charge on any atom is 0.303 e. The van der Waals surface area contributed by atoms with E-state index in [0.717, 1.165) is 0 Å². The zero-order valence-corrected chi connectivity index (χ0v) is 9.39. The van der Waals surface area contributed by atoms with Crippen molar-refractivity contribution >= 4 is 11.9 Å². The minimum Gasteiger partial charge on any atom is -0.493 e. The number of hydrogen-bond donors (Lipinski definition) is 2. The van der Waals surface area contributed by atoms with E-state index in [1.54, 1.807) is 24.3 Å². The second-order valence-corrected chi connectivity index (χ2v) is 3.56. The minimum absolute atomic E-state index is 0.126. The fraction of sp³-hybridized carbons (Fsp3) is 0.333. The van der Waals surface area contributed by atoms with E-state index < -0.39 is 11.9 Å². The molecule has 0 saturated carbocycles. The fourth-order valence-electron chi connectivity index (χ4n) is 1.36. The number of para-hydroxylation sites is 1. The summed E-state index contributed by atoms with van der Waals surface area (Å²) in [7, 11) is 0. The van der Waals surface area contributed by atoms with Crippen LogP contribution in [0.5, 0.6) is 5.75 Å². The lowest BCUT2D eigenvalue weighted by atomic mass is 10.2. The molecule has 5 heteroatoms. The third kappa shape index (κ3) is 4.55. The number of rotatable bonds is 7. The van der Waals surface area contributed by atoms with Crippen molar-refractivity contribution in [3.63, 3.8) is 0 Å². The molecule has 0 saturated heterocycles. The Balaban J connectivity index is 2.41. The number of benzene rings is 1. The van der Waals surface area contributed by atoms with Gasteiger partial charge in [0, 0.05) is 6.42 Å². The summed E-state index contributed by atoms with van der Waals surface area (Å²) in [5, 5.41) is 8.44. The molecule has 0 radical (unpaired) electrons. The van der Waals surface area contributed by atoms with Crippen molar-refractivity contribution < 1.29 is 19.4 Å². The van der Waals surface area contributed by atoms with E-state index in [-0.39, 0.29) is 6.42 Å². The maximum absolute atomic E-state index is 11.1. The first kappa shape index (κ1) is 13.0. The number of hydrogen-bond acceptors (Lipinski definition) is 3. The molecule has 1 amide bonds. The van der Waals surface area contributed by atoms with Gasteiger partial charge in [-0.2, -0.15) is 0 Å². The first-order chi connectivity index (χ1) is 8.11. The monoisotopic (exact) mass is 237 g/mol. The van der Waals surface area contributed by atoms with Crippen LogP contribution in [0, 0.1) is 0 Å². The molecule has 0 aliphatic rings. The van der Waals surface area contributed by atoms with Gasteiger partial charge in [-0.1, -0.05) is 12.1 Å². The lowest BCUT2D eigenvalue weighted by molar-refractivity contribution is -0.137. The Morgan fingerprint density at radius 1 is 1.24 bits per heavy atom. The van der Waals surface area contributed by atoms with E-state index in [0.29, 0.717) is 30.8 Å². The van der Waals surface area contributed by atoms with Crippen LogP contribution < -0.4 is 10.5 Å². The highest BCUT2D eigenvalue weighted by Crippen LogP contribution is 2.17. The normalized spacial score (nSPS) is 9.88. The molecule has 1 aromatic rings. The van der Waals surface area contributed by atoms with Crippen LogP contribution >= 0.6 is 0 Å². The summed E-state index contributed by atoms with van der Waals surface area (Å²) in [5.74, 6) is -0.913. The van der Waals surface area contributed by atoms with Crippen molar-refractivity contribution in [3.05, 3.63) is 29.8 Å². The van der Waals surface area contributed by atoms with Crippen molar-refractivity contribution in [2.75, 3.05) is 6.61 Å². The Kier molecular flexibility index (Phi) is 5.00. The van der Waals surface area contributed by atoms with Crippen molar-refractivity contribution in [2.45, 2.75) is 19.3 Å². The first-order valence-electron chi connectivity index (χ1n) is 5.34. The molecule has 92 valence electrons. The van der Waals surface area contributed by atoms with Crippen molar-refractivity contribution in [2.24, 2.45) is 5.73 Å². The molecule has 1 rings (SSSR count). The van der Waals surface area contributed by atoms with E-state index in [1.807, 2.05) is 0 Å². The Morgan fingerprint density at radius 3 is 2.59 bits per heavy atom. The van der Waals surface area contributed by atoms with Crippen LogP contribution in [0.15, 0.2) is 24.3 Å². The Morgan fingerprint density at radius 2 is 1.94 bits per heavy atom. The predicted molar refractivity (Wildman–Crippen MR) is 61.9 cm³/mol. The molecule has 0 aliphatic heterocycles. The topological polar surface area (TPSA) is 89.6 Å². The Bertz CT molecular complexity index is 403. The molecule has 0 atom stereocenters. The lowest BCUT2D eigenvalue weighted by Crippen LogP contribution is -2.13. The molecule has 5 nitrogen and oxygen atoms in total. The fourth-order valence-corrected chi connectivity index (χ4v) is 1.36. The number of ether oxygens (including phenoxy) is 1. The summed E-state index contributed by atoms with van der Waals surface area (Å²) >= 11 is 0. The number of aliphatic carboxylic acids is 1. The van der Waals surface area contributed by atoms with Crippen LogP contribution in [0.1, 0.15) is 29.6 Å². The number of carbonyl (C=O) groups is 2. The van der Waals surface area contributed by atoms with Crippen LogP contribution in [0.25, 0.3) is 0 Å². The Hall–Kier alpha value is -2.04. The largest absolute Gasteiger partial charge is 0.493 e. The molecule has 0 fully saturated rings. The van der Waals surface area contributed by atoms with E-state index in [4.69, 9.17) is 15.6 Å². The van der Waals surface area contributed by atoms with Crippen LogP contribution in [0.2, 0.25) is 0 Å². The van der Waals surface area contributed by atoms with Gasteiger partial charge in [-0.15, -0.1) is 0 Å². The molecule has 1 aromatic carbocycles. The number of carboxylic acid groups (broad SMARTS) is 1. The summed E-state index contributed by atoms with van der Waals surface area (Å²) in [6.45, 7) is 0.373.